The van der Waals surface area contributed by atoms with Gasteiger partial charge in [0.1, 0.15) is 11.6 Å². The van der Waals surface area contributed by atoms with Gasteiger partial charge in [-0.05, 0) is 90.1 Å². The van der Waals surface area contributed by atoms with Crippen molar-refractivity contribution in [2.75, 3.05) is 6.93 Å². The molecule has 1 atom stereocenters. The van der Waals surface area contributed by atoms with Crippen molar-refractivity contribution >= 4 is 5.78 Å². The van der Waals surface area contributed by atoms with Gasteiger partial charge in [0, 0.05) is 17.2 Å². The van der Waals surface area contributed by atoms with Gasteiger partial charge in [0.05, 0.1) is 11.3 Å². The summed E-state index contributed by atoms with van der Waals surface area (Å²) in [7, 11) is 0. The van der Waals surface area contributed by atoms with E-state index in [1.807, 2.05) is 0 Å². The molecule has 0 amide bonds. The van der Waals surface area contributed by atoms with Crippen LogP contribution in [-0.2, 0) is 6.42 Å². The normalized spacial score (nSPS) is 18.6. The third-order valence-electron chi connectivity index (χ3n) is 7.55. The van der Waals surface area contributed by atoms with E-state index in [0.717, 1.165) is 66.6 Å². The number of hydrogen-bond acceptors (Lipinski definition) is 2. The Morgan fingerprint density at radius 2 is 1.49 bits per heavy atom. The Morgan fingerprint density at radius 1 is 0.946 bits per heavy atom. The second-order valence-corrected chi connectivity index (χ2v) is 11.0. The fourth-order valence-corrected chi connectivity index (χ4v) is 6.18. The first-order valence-electron chi connectivity index (χ1n) is 12.9. The van der Waals surface area contributed by atoms with Gasteiger partial charge in [0.25, 0.3) is 0 Å². The van der Waals surface area contributed by atoms with Gasteiger partial charge in [0.2, 0.25) is 6.93 Å². The lowest BCUT2D eigenvalue weighted by Gasteiger charge is -2.37. The monoisotopic (exact) mass is 511 g/mol. The molecule has 0 N–H and O–H groups in total. The van der Waals surface area contributed by atoms with Crippen LogP contribution in [-0.4, -0.2) is 17.7 Å². The van der Waals surface area contributed by atoms with Gasteiger partial charge in [-0.25, -0.2) is 17.6 Å². The molecular weight excluding hydrogens is 478 g/mol. The number of carbonyl (C=O) groups excluding carboxylic acids is 1. The lowest BCUT2D eigenvalue weighted by Crippen LogP contribution is -2.28. The van der Waals surface area contributed by atoms with Gasteiger partial charge in [-0.2, -0.15) is 0 Å². The molecule has 37 heavy (non-hydrogen) atoms. The quantitative estimate of drug-likeness (QED) is 0.259. The number of rotatable bonds is 4. The van der Waals surface area contributed by atoms with Crippen molar-refractivity contribution < 1.29 is 22.4 Å². The minimum Gasteiger partial charge on any atom is -0.289 e. The number of nitrogens with zero attached hydrogens (tertiary/aromatic N) is 1. The Labute approximate surface area is 216 Å². The van der Waals surface area contributed by atoms with Gasteiger partial charge in [0.15, 0.2) is 5.78 Å². The molecule has 3 aromatic rings. The molecule has 0 spiro atoms. The first kappa shape index (κ1) is 27.0. The Kier molecular flexibility index (Phi) is 8.15. The molecule has 1 heterocycles. The highest BCUT2D eigenvalue weighted by Gasteiger charge is 2.37. The molecule has 2 aliphatic rings. The lowest BCUT2D eigenvalue weighted by atomic mass is 9.68. The average molecular weight is 512 g/mol. The summed E-state index contributed by atoms with van der Waals surface area (Å²) in [6.45, 7) is 5.01. The Balaban J connectivity index is 0.00000102. The molecule has 1 fully saturated rings. The molecular formula is C31H33F4NO. The molecule has 2 nitrogen and oxygen atoms in total. The second kappa shape index (κ2) is 11.2. The van der Waals surface area contributed by atoms with Crippen LogP contribution >= 0.6 is 0 Å². The van der Waals surface area contributed by atoms with E-state index in [-0.39, 0.29) is 34.7 Å². The summed E-state index contributed by atoms with van der Waals surface area (Å²) in [6.07, 6.45) is 6.12. The molecule has 2 aromatic carbocycles. The number of halogens is 4. The fraction of sp³-hybridized carbons (Fsp3) is 0.419. The van der Waals surface area contributed by atoms with Crippen LogP contribution in [0.5, 0.6) is 0 Å². The molecule has 196 valence electrons. The highest BCUT2D eigenvalue weighted by atomic mass is 19.3. The van der Waals surface area contributed by atoms with Crippen LogP contribution < -0.4 is 0 Å². The third kappa shape index (κ3) is 5.78. The zero-order valence-corrected chi connectivity index (χ0v) is 21.6. The molecule has 1 saturated carbocycles. The number of alkyl halides is 2. The SMILES string of the molecule is C[C@H]1CC(C)(C)Cc2nc(C3CCCC3)c(C(=O)c3ccc(F)cc3)c(-c3ccc(F)cc3)c21.FCF. The summed E-state index contributed by atoms with van der Waals surface area (Å²) >= 11 is 0. The van der Waals surface area contributed by atoms with E-state index in [4.69, 9.17) is 4.98 Å². The molecule has 5 rings (SSSR count). The first-order valence-corrected chi connectivity index (χ1v) is 12.9. The second-order valence-electron chi connectivity index (χ2n) is 11.0. The summed E-state index contributed by atoms with van der Waals surface area (Å²) in [5.74, 6) is -0.365. The molecule has 0 radical (unpaired) electrons. The molecule has 0 unspecified atom stereocenters. The van der Waals surface area contributed by atoms with Crippen LogP contribution in [0.25, 0.3) is 11.1 Å². The molecule has 2 aliphatic carbocycles. The van der Waals surface area contributed by atoms with Crippen LogP contribution in [0.15, 0.2) is 48.5 Å². The predicted molar refractivity (Wildman–Crippen MR) is 138 cm³/mol. The summed E-state index contributed by atoms with van der Waals surface area (Å²) in [6, 6.07) is 12.2. The molecule has 1 aromatic heterocycles. The summed E-state index contributed by atoms with van der Waals surface area (Å²) < 4.78 is 46.8. The fourth-order valence-electron chi connectivity index (χ4n) is 6.18. The Hall–Kier alpha value is -3.02. The minimum absolute atomic E-state index is 0.120. The van der Waals surface area contributed by atoms with Crippen molar-refractivity contribution in [3.63, 3.8) is 0 Å². The zero-order valence-electron chi connectivity index (χ0n) is 21.6. The zero-order chi connectivity index (χ0) is 26.7. The smallest absolute Gasteiger partial charge is 0.229 e. The van der Waals surface area contributed by atoms with Crippen molar-refractivity contribution in [2.45, 2.75) is 71.1 Å². The summed E-state index contributed by atoms with van der Waals surface area (Å²) in [5, 5.41) is 0. The van der Waals surface area contributed by atoms with E-state index in [0.29, 0.717) is 11.1 Å². The van der Waals surface area contributed by atoms with Gasteiger partial charge in [-0.1, -0.05) is 45.7 Å². The maximum absolute atomic E-state index is 14.1. The standard InChI is InChI=1S/C30H31F2NO.CH2F2/c1-18-16-30(2,3)17-24-25(18)26(19-8-12-22(31)13-9-19)27(28(33-24)20-6-4-5-7-20)29(34)21-10-14-23(32)15-11-21;2-1-3/h8-15,18,20H,4-7,16-17H2,1-3H3;1H2/t18-;/m0./s1. The number of pyridine rings is 1. The maximum Gasteiger partial charge on any atom is 0.229 e. The average Bonchev–Trinajstić information content (AvgIpc) is 3.38. The number of hydrogen-bond donors (Lipinski definition) is 0. The van der Waals surface area contributed by atoms with E-state index in [1.165, 1.54) is 24.3 Å². The predicted octanol–water partition coefficient (Wildman–Crippen LogP) is 8.87. The van der Waals surface area contributed by atoms with Gasteiger partial charge < -0.3 is 0 Å². The van der Waals surface area contributed by atoms with E-state index in [1.54, 1.807) is 24.3 Å². The van der Waals surface area contributed by atoms with E-state index in [9.17, 15) is 22.4 Å². The third-order valence-corrected chi connectivity index (χ3v) is 7.55. The van der Waals surface area contributed by atoms with E-state index < -0.39 is 6.93 Å². The molecule has 6 heteroatoms. The van der Waals surface area contributed by atoms with Crippen LogP contribution in [0.4, 0.5) is 17.6 Å². The summed E-state index contributed by atoms with van der Waals surface area (Å²) in [5.41, 5.74) is 5.98. The number of benzene rings is 2. The van der Waals surface area contributed by atoms with Crippen molar-refractivity contribution in [3.05, 3.63) is 88.2 Å². The van der Waals surface area contributed by atoms with Gasteiger partial charge in [-0.3, -0.25) is 9.78 Å². The van der Waals surface area contributed by atoms with Crippen LogP contribution in [0, 0.1) is 17.0 Å². The van der Waals surface area contributed by atoms with Gasteiger partial charge in [-0.15, -0.1) is 0 Å². The van der Waals surface area contributed by atoms with E-state index >= 15 is 0 Å². The lowest BCUT2D eigenvalue weighted by molar-refractivity contribution is 0.103. The van der Waals surface area contributed by atoms with Crippen molar-refractivity contribution in [1.29, 1.82) is 0 Å². The van der Waals surface area contributed by atoms with Crippen LogP contribution in [0.3, 0.4) is 0 Å². The highest BCUT2D eigenvalue weighted by molar-refractivity contribution is 6.14. The largest absolute Gasteiger partial charge is 0.289 e. The first-order chi connectivity index (χ1) is 17.6. The van der Waals surface area contributed by atoms with Crippen LogP contribution in [0.2, 0.25) is 0 Å². The Morgan fingerprint density at radius 3 is 2.05 bits per heavy atom. The number of fused-ring (bicyclic) bond motifs is 1. The topological polar surface area (TPSA) is 30.0 Å². The molecule has 0 aliphatic heterocycles. The maximum atomic E-state index is 14.1. The van der Waals surface area contributed by atoms with Gasteiger partial charge >= 0.3 is 0 Å². The van der Waals surface area contributed by atoms with Crippen molar-refractivity contribution in [2.24, 2.45) is 5.41 Å². The number of carbonyl (C=O) groups is 1. The van der Waals surface area contributed by atoms with E-state index in [2.05, 4.69) is 20.8 Å². The number of ketones is 1. The summed E-state index contributed by atoms with van der Waals surface area (Å²) in [4.78, 5) is 19.3. The molecule has 0 bridgehead atoms. The van der Waals surface area contributed by atoms with Crippen molar-refractivity contribution in [3.8, 4) is 11.1 Å². The number of aromatic nitrogens is 1. The van der Waals surface area contributed by atoms with Crippen molar-refractivity contribution in [1.82, 2.24) is 4.98 Å². The Bertz CT molecular complexity index is 1250. The van der Waals surface area contributed by atoms with Crippen LogP contribution in [0.1, 0.15) is 97.6 Å². The minimum atomic E-state index is -1.75. The highest BCUT2D eigenvalue weighted by Crippen LogP contribution is 2.49. The molecule has 0 saturated heterocycles.